The summed E-state index contributed by atoms with van der Waals surface area (Å²) in [6.07, 6.45) is 0.472. The number of halogens is 1. The van der Waals surface area contributed by atoms with Crippen LogP contribution in [0.2, 0.25) is 0 Å². The van der Waals surface area contributed by atoms with Gasteiger partial charge in [-0.2, -0.15) is 0 Å². The molecule has 1 aliphatic rings. The molecule has 1 unspecified atom stereocenters. The molecule has 0 aliphatic carbocycles. The van der Waals surface area contributed by atoms with Gasteiger partial charge in [-0.15, -0.1) is 0 Å². The van der Waals surface area contributed by atoms with Gasteiger partial charge in [0.05, 0.1) is 13.0 Å². The lowest BCUT2D eigenvalue weighted by atomic mass is 9.97. The van der Waals surface area contributed by atoms with Crippen molar-refractivity contribution >= 4 is 5.97 Å². The number of methoxy groups -OCH3 is 1. The van der Waals surface area contributed by atoms with Crippen LogP contribution in [0.1, 0.15) is 5.56 Å². The highest BCUT2D eigenvalue weighted by Gasteiger charge is 2.27. The molecular formula is C11H11FO3. The lowest BCUT2D eigenvalue weighted by Crippen LogP contribution is -2.29. The molecule has 0 spiro atoms. The molecule has 0 fully saturated rings. The molecule has 1 aliphatic heterocycles. The summed E-state index contributed by atoms with van der Waals surface area (Å²) < 4.78 is 23.1. The van der Waals surface area contributed by atoms with Crippen molar-refractivity contribution in [2.45, 2.75) is 6.42 Å². The van der Waals surface area contributed by atoms with Gasteiger partial charge in [0.15, 0.2) is 11.6 Å². The first-order chi connectivity index (χ1) is 7.22. The lowest BCUT2D eigenvalue weighted by molar-refractivity contribution is -0.146. The number of ether oxygens (including phenoxy) is 2. The summed E-state index contributed by atoms with van der Waals surface area (Å²) in [6.45, 7) is 0.181. The maximum absolute atomic E-state index is 13.2. The van der Waals surface area contributed by atoms with Crippen LogP contribution >= 0.6 is 0 Å². The molecule has 0 bridgehead atoms. The fourth-order valence-corrected chi connectivity index (χ4v) is 1.70. The number of carbonyl (C=O) groups excluding carboxylic acids is 1. The van der Waals surface area contributed by atoms with Crippen molar-refractivity contribution < 1.29 is 18.7 Å². The first-order valence-electron chi connectivity index (χ1n) is 4.70. The van der Waals surface area contributed by atoms with Crippen LogP contribution in [-0.2, 0) is 16.0 Å². The second kappa shape index (κ2) is 3.88. The van der Waals surface area contributed by atoms with E-state index >= 15 is 0 Å². The molecule has 0 aromatic heterocycles. The average Bonchev–Trinajstić information content (AvgIpc) is 2.28. The van der Waals surface area contributed by atoms with E-state index in [9.17, 15) is 9.18 Å². The molecule has 4 heteroatoms. The Hall–Kier alpha value is -1.58. The Morgan fingerprint density at radius 3 is 3.13 bits per heavy atom. The van der Waals surface area contributed by atoms with Gasteiger partial charge in [0.25, 0.3) is 0 Å². The van der Waals surface area contributed by atoms with Gasteiger partial charge >= 0.3 is 5.97 Å². The van der Waals surface area contributed by atoms with E-state index in [2.05, 4.69) is 4.74 Å². The molecule has 0 saturated heterocycles. The number of rotatable bonds is 1. The number of carbonyl (C=O) groups is 1. The molecule has 15 heavy (non-hydrogen) atoms. The minimum atomic E-state index is -0.379. The summed E-state index contributed by atoms with van der Waals surface area (Å²) in [7, 11) is 1.34. The summed E-state index contributed by atoms with van der Waals surface area (Å²) >= 11 is 0. The number of fused-ring (bicyclic) bond motifs is 1. The molecule has 1 aromatic carbocycles. The molecule has 3 nitrogen and oxygen atoms in total. The van der Waals surface area contributed by atoms with Crippen molar-refractivity contribution in [2.75, 3.05) is 13.7 Å². The molecule has 1 atom stereocenters. The monoisotopic (exact) mass is 210 g/mol. The van der Waals surface area contributed by atoms with Gasteiger partial charge in [-0.05, 0) is 18.1 Å². The third-order valence-corrected chi connectivity index (χ3v) is 2.48. The van der Waals surface area contributed by atoms with Gasteiger partial charge in [-0.25, -0.2) is 4.39 Å². The quantitative estimate of drug-likeness (QED) is 0.660. The van der Waals surface area contributed by atoms with E-state index in [1.54, 1.807) is 12.1 Å². The highest BCUT2D eigenvalue weighted by molar-refractivity contribution is 5.73. The normalized spacial score (nSPS) is 18.9. The second-order valence-electron chi connectivity index (χ2n) is 3.46. The highest BCUT2D eigenvalue weighted by atomic mass is 19.1. The van der Waals surface area contributed by atoms with Crippen LogP contribution < -0.4 is 4.74 Å². The van der Waals surface area contributed by atoms with E-state index in [-0.39, 0.29) is 30.1 Å². The van der Waals surface area contributed by atoms with E-state index in [1.807, 2.05) is 0 Å². The number of esters is 1. The van der Waals surface area contributed by atoms with Crippen molar-refractivity contribution in [3.63, 3.8) is 0 Å². The van der Waals surface area contributed by atoms with Crippen molar-refractivity contribution in [2.24, 2.45) is 5.92 Å². The average molecular weight is 210 g/mol. The Kier molecular flexibility index (Phi) is 2.58. The van der Waals surface area contributed by atoms with Crippen LogP contribution in [0.5, 0.6) is 5.75 Å². The molecule has 0 radical (unpaired) electrons. The highest BCUT2D eigenvalue weighted by Crippen LogP contribution is 2.30. The predicted molar refractivity (Wildman–Crippen MR) is 51.1 cm³/mol. The van der Waals surface area contributed by atoms with E-state index < -0.39 is 0 Å². The van der Waals surface area contributed by atoms with Gasteiger partial charge in [0, 0.05) is 0 Å². The molecule has 1 aromatic rings. The van der Waals surface area contributed by atoms with E-state index in [4.69, 9.17) is 4.74 Å². The topological polar surface area (TPSA) is 35.5 Å². The number of benzene rings is 1. The first kappa shape index (κ1) is 9.96. The Morgan fingerprint density at radius 1 is 1.60 bits per heavy atom. The van der Waals surface area contributed by atoms with Crippen LogP contribution in [-0.4, -0.2) is 19.7 Å². The van der Waals surface area contributed by atoms with Crippen molar-refractivity contribution in [1.29, 1.82) is 0 Å². The largest absolute Gasteiger partial charge is 0.489 e. The van der Waals surface area contributed by atoms with Crippen LogP contribution in [0.15, 0.2) is 18.2 Å². The SMILES string of the molecule is COC(=O)C1COc2c(F)cccc2C1. The first-order valence-corrected chi connectivity index (χ1v) is 4.70. The standard InChI is InChI=1S/C11H11FO3/c1-14-11(13)8-5-7-3-2-4-9(12)10(7)15-6-8/h2-4,8H,5-6H2,1H3. The van der Waals surface area contributed by atoms with Gasteiger partial charge in [0.1, 0.15) is 6.61 Å². The molecule has 0 N–H and O–H groups in total. The number of hydrogen-bond donors (Lipinski definition) is 0. The zero-order valence-electron chi connectivity index (χ0n) is 8.33. The molecule has 2 rings (SSSR count). The van der Waals surface area contributed by atoms with E-state index in [0.29, 0.717) is 6.42 Å². The van der Waals surface area contributed by atoms with Gasteiger partial charge < -0.3 is 9.47 Å². The zero-order chi connectivity index (χ0) is 10.8. The number of para-hydroxylation sites is 1. The van der Waals surface area contributed by atoms with Gasteiger partial charge in [-0.3, -0.25) is 4.79 Å². The van der Waals surface area contributed by atoms with E-state index in [0.717, 1.165) is 5.56 Å². The fourth-order valence-electron chi connectivity index (χ4n) is 1.70. The van der Waals surface area contributed by atoms with Crippen LogP contribution in [0.25, 0.3) is 0 Å². The smallest absolute Gasteiger partial charge is 0.312 e. The Balaban J connectivity index is 2.24. The van der Waals surface area contributed by atoms with Crippen molar-refractivity contribution in [3.8, 4) is 5.75 Å². The molecule has 0 saturated carbocycles. The molecular weight excluding hydrogens is 199 g/mol. The maximum Gasteiger partial charge on any atom is 0.312 e. The van der Waals surface area contributed by atoms with E-state index in [1.165, 1.54) is 13.2 Å². The minimum absolute atomic E-state index is 0.181. The molecule has 80 valence electrons. The molecule has 1 heterocycles. The summed E-state index contributed by atoms with van der Waals surface area (Å²) in [5.74, 6) is -0.761. The van der Waals surface area contributed by atoms with Crippen LogP contribution in [0.4, 0.5) is 4.39 Å². The summed E-state index contributed by atoms with van der Waals surface area (Å²) in [4.78, 5) is 11.3. The Morgan fingerprint density at radius 2 is 2.40 bits per heavy atom. The van der Waals surface area contributed by atoms with Crippen LogP contribution in [0, 0.1) is 11.7 Å². The summed E-state index contributed by atoms with van der Waals surface area (Å²) in [6, 6.07) is 4.71. The predicted octanol–water partition coefficient (Wildman–Crippen LogP) is 1.55. The summed E-state index contributed by atoms with van der Waals surface area (Å²) in [5, 5.41) is 0. The van der Waals surface area contributed by atoms with Gasteiger partial charge in [0.2, 0.25) is 0 Å². The summed E-state index contributed by atoms with van der Waals surface area (Å²) in [5.41, 5.74) is 0.719. The van der Waals surface area contributed by atoms with Crippen molar-refractivity contribution in [1.82, 2.24) is 0 Å². The Labute approximate surface area is 86.8 Å². The van der Waals surface area contributed by atoms with Crippen LogP contribution in [0.3, 0.4) is 0 Å². The number of hydrogen-bond acceptors (Lipinski definition) is 3. The van der Waals surface area contributed by atoms with Crippen molar-refractivity contribution in [3.05, 3.63) is 29.6 Å². The molecule has 0 amide bonds. The second-order valence-corrected chi connectivity index (χ2v) is 3.46. The lowest BCUT2D eigenvalue weighted by Gasteiger charge is -2.23. The maximum atomic E-state index is 13.2. The fraction of sp³-hybridized carbons (Fsp3) is 0.364. The minimum Gasteiger partial charge on any atom is -0.489 e. The Bertz CT molecular complexity index is 389. The third kappa shape index (κ3) is 1.79. The van der Waals surface area contributed by atoms with Gasteiger partial charge in [-0.1, -0.05) is 12.1 Å². The third-order valence-electron chi connectivity index (χ3n) is 2.48. The zero-order valence-corrected chi connectivity index (χ0v) is 8.33.